The molecule has 0 aliphatic carbocycles. The van der Waals surface area contributed by atoms with Crippen LogP contribution in [0.1, 0.15) is 18.2 Å². The summed E-state index contributed by atoms with van der Waals surface area (Å²) in [4.78, 5) is 11.9. The summed E-state index contributed by atoms with van der Waals surface area (Å²) in [5.74, 6) is 0.828. The Morgan fingerprint density at radius 3 is 2.63 bits per heavy atom. The lowest BCUT2D eigenvalue weighted by atomic mass is 10.0. The zero-order chi connectivity index (χ0) is 13.1. The molecule has 1 aliphatic heterocycles. The molecular weight excluding hydrogens is 242 g/mol. The van der Waals surface area contributed by atoms with Gasteiger partial charge in [-0.3, -0.25) is 4.79 Å². The van der Waals surface area contributed by atoms with Gasteiger partial charge in [-0.2, -0.15) is 0 Å². The van der Waals surface area contributed by atoms with Crippen LogP contribution in [0.2, 0.25) is 0 Å². The number of hydrogen-bond donors (Lipinski definition) is 1. The highest BCUT2D eigenvalue weighted by atomic mass is 16.5. The third kappa shape index (κ3) is 2.53. The van der Waals surface area contributed by atoms with Crippen LogP contribution in [0.25, 0.3) is 0 Å². The predicted molar refractivity (Wildman–Crippen MR) is 70.9 cm³/mol. The van der Waals surface area contributed by atoms with E-state index in [9.17, 15) is 4.79 Å². The van der Waals surface area contributed by atoms with Crippen LogP contribution < -0.4 is 5.32 Å². The van der Waals surface area contributed by atoms with Gasteiger partial charge in [-0.1, -0.05) is 18.2 Å². The number of carbonyl (C=O) groups excluding carboxylic acids is 1. The summed E-state index contributed by atoms with van der Waals surface area (Å²) in [6.07, 6.45) is 1.60. The van der Waals surface area contributed by atoms with Crippen molar-refractivity contribution >= 4 is 11.5 Å². The van der Waals surface area contributed by atoms with Crippen molar-refractivity contribution in [3.8, 4) is 0 Å². The Morgan fingerprint density at radius 2 is 2.00 bits per heavy atom. The van der Waals surface area contributed by atoms with E-state index in [2.05, 4.69) is 5.32 Å². The average molecular weight is 257 g/mol. The number of ketones is 1. The second-order valence-electron chi connectivity index (χ2n) is 4.51. The monoisotopic (exact) mass is 257 g/mol. The van der Waals surface area contributed by atoms with Crippen LogP contribution in [0.5, 0.6) is 0 Å². The van der Waals surface area contributed by atoms with Crippen molar-refractivity contribution < 1.29 is 13.9 Å². The zero-order valence-electron chi connectivity index (χ0n) is 10.4. The first-order valence-corrected chi connectivity index (χ1v) is 6.34. The number of benzene rings is 1. The van der Waals surface area contributed by atoms with Crippen LogP contribution in [0, 0.1) is 0 Å². The number of nitrogens with one attached hydrogen (secondary N) is 1. The number of furan rings is 1. The van der Waals surface area contributed by atoms with Crippen LogP contribution in [0.4, 0.5) is 5.69 Å². The van der Waals surface area contributed by atoms with Crippen LogP contribution in [0.3, 0.4) is 0 Å². The molecule has 1 aromatic heterocycles. The van der Waals surface area contributed by atoms with Gasteiger partial charge in [0, 0.05) is 12.1 Å². The zero-order valence-corrected chi connectivity index (χ0v) is 10.4. The first kappa shape index (κ1) is 12.0. The maximum Gasteiger partial charge on any atom is 0.166 e. The third-order valence-corrected chi connectivity index (χ3v) is 3.21. The molecule has 1 saturated heterocycles. The Bertz CT molecular complexity index is 536. The molecule has 3 rings (SSSR count). The summed E-state index contributed by atoms with van der Waals surface area (Å²) in [6, 6.07) is 13.1. The summed E-state index contributed by atoms with van der Waals surface area (Å²) in [5.41, 5.74) is 0.937. The van der Waals surface area contributed by atoms with Gasteiger partial charge in [-0.05, 0) is 24.3 Å². The normalized spacial score (nSPS) is 20.4. The molecule has 98 valence electrons. The molecule has 0 saturated carbocycles. The van der Waals surface area contributed by atoms with Crippen molar-refractivity contribution in [1.29, 1.82) is 0 Å². The number of carbonyl (C=O) groups is 1. The van der Waals surface area contributed by atoms with Crippen molar-refractivity contribution in [2.45, 2.75) is 18.6 Å². The van der Waals surface area contributed by atoms with Gasteiger partial charge in [0.05, 0.1) is 12.9 Å². The molecule has 2 heterocycles. The predicted octanol–water partition coefficient (Wildman–Crippen LogP) is 2.79. The van der Waals surface area contributed by atoms with Crippen LogP contribution >= 0.6 is 0 Å². The minimum absolute atomic E-state index is 0.116. The number of hydrogen-bond acceptors (Lipinski definition) is 4. The topological polar surface area (TPSA) is 51.5 Å². The van der Waals surface area contributed by atoms with E-state index in [1.54, 1.807) is 6.26 Å². The maximum absolute atomic E-state index is 11.9. The van der Waals surface area contributed by atoms with Crippen LogP contribution in [-0.4, -0.2) is 18.5 Å². The number of ether oxygens (including phenoxy) is 1. The van der Waals surface area contributed by atoms with E-state index in [-0.39, 0.29) is 11.8 Å². The quantitative estimate of drug-likeness (QED) is 0.915. The van der Waals surface area contributed by atoms with Crippen LogP contribution in [0.15, 0.2) is 53.1 Å². The minimum atomic E-state index is -0.480. The SMILES string of the molecule is O=C1CCO[C@@H]1[C@@H](Nc1ccccc1)c1ccco1. The van der Waals surface area contributed by atoms with Gasteiger partial charge in [0.15, 0.2) is 5.78 Å². The molecule has 1 aliphatic rings. The summed E-state index contributed by atoms with van der Waals surface area (Å²) >= 11 is 0. The van der Waals surface area contributed by atoms with Gasteiger partial charge in [-0.15, -0.1) is 0 Å². The smallest absolute Gasteiger partial charge is 0.166 e. The highest BCUT2D eigenvalue weighted by Crippen LogP contribution is 2.28. The lowest BCUT2D eigenvalue weighted by Crippen LogP contribution is -2.30. The molecule has 1 N–H and O–H groups in total. The number of Topliss-reactive ketones (excluding diaryl/α,β-unsaturated/α-hetero) is 1. The van der Waals surface area contributed by atoms with E-state index in [1.807, 2.05) is 42.5 Å². The molecule has 1 fully saturated rings. The summed E-state index contributed by atoms with van der Waals surface area (Å²) in [7, 11) is 0. The molecule has 0 amide bonds. The van der Waals surface area contributed by atoms with E-state index in [0.717, 1.165) is 5.69 Å². The molecule has 1 aromatic carbocycles. The fourth-order valence-electron chi connectivity index (χ4n) is 2.28. The average Bonchev–Trinajstić information content (AvgIpc) is 3.09. The minimum Gasteiger partial charge on any atom is -0.467 e. The second kappa shape index (κ2) is 5.28. The lowest BCUT2D eigenvalue weighted by molar-refractivity contribution is -0.123. The van der Waals surface area contributed by atoms with Gasteiger partial charge < -0.3 is 14.5 Å². The molecule has 0 unspecified atom stereocenters. The van der Waals surface area contributed by atoms with Gasteiger partial charge in [-0.25, -0.2) is 0 Å². The van der Waals surface area contributed by atoms with Crippen molar-refractivity contribution in [2.24, 2.45) is 0 Å². The highest BCUT2D eigenvalue weighted by Gasteiger charge is 2.35. The first-order valence-electron chi connectivity index (χ1n) is 6.34. The van der Waals surface area contributed by atoms with Gasteiger partial charge in [0.1, 0.15) is 17.9 Å². The summed E-state index contributed by atoms with van der Waals surface area (Å²) in [5, 5.41) is 3.31. The first-order chi connectivity index (χ1) is 9.34. The fraction of sp³-hybridized carbons (Fsp3) is 0.267. The van der Waals surface area contributed by atoms with E-state index >= 15 is 0 Å². The van der Waals surface area contributed by atoms with E-state index in [0.29, 0.717) is 18.8 Å². The number of rotatable bonds is 4. The van der Waals surface area contributed by atoms with Crippen molar-refractivity contribution in [1.82, 2.24) is 0 Å². The summed E-state index contributed by atoms with van der Waals surface area (Å²) < 4.78 is 11.0. The van der Waals surface area contributed by atoms with Gasteiger partial charge in [0.25, 0.3) is 0 Å². The maximum atomic E-state index is 11.9. The van der Waals surface area contributed by atoms with E-state index in [1.165, 1.54) is 0 Å². The second-order valence-corrected chi connectivity index (χ2v) is 4.51. The van der Waals surface area contributed by atoms with E-state index < -0.39 is 6.10 Å². The molecule has 4 heteroatoms. The van der Waals surface area contributed by atoms with Gasteiger partial charge >= 0.3 is 0 Å². The Kier molecular flexibility index (Phi) is 3.33. The third-order valence-electron chi connectivity index (χ3n) is 3.21. The molecule has 2 aromatic rings. The van der Waals surface area contributed by atoms with Crippen molar-refractivity contribution in [2.75, 3.05) is 11.9 Å². The molecular formula is C15H15NO3. The molecule has 4 nitrogen and oxygen atoms in total. The largest absolute Gasteiger partial charge is 0.467 e. The van der Waals surface area contributed by atoms with Crippen LogP contribution in [-0.2, 0) is 9.53 Å². The summed E-state index contributed by atoms with van der Waals surface area (Å²) in [6.45, 7) is 0.483. The number of para-hydroxylation sites is 1. The van der Waals surface area contributed by atoms with Crippen molar-refractivity contribution in [3.05, 3.63) is 54.5 Å². The Labute approximate surface area is 111 Å². The Morgan fingerprint density at radius 1 is 1.16 bits per heavy atom. The standard InChI is InChI=1S/C15H15NO3/c17-12-8-10-19-15(12)14(13-7-4-9-18-13)16-11-5-2-1-3-6-11/h1-7,9,14-16H,8,10H2/t14-,15-/m0/s1. The Balaban J connectivity index is 1.86. The molecule has 19 heavy (non-hydrogen) atoms. The lowest BCUT2D eigenvalue weighted by Gasteiger charge is -2.22. The number of anilines is 1. The van der Waals surface area contributed by atoms with Crippen molar-refractivity contribution in [3.63, 3.8) is 0 Å². The molecule has 0 radical (unpaired) electrons. The molecule has 0 spiro atoms. The van der Waals surface area contributed by atoms with Gasteiger partial charge in [0.2, 0.25) is 0 Å². The molecule has 2 atom stereocenters. The fourth-order valence-corrected chi connectivity index (χ4v) is 2.28. The Hall–Kier alpha value is -2.07. The molecule has 0 bridgehead atoms. The van der Waals surface area contributed by atoms with E-state index in [4.69, 9.17) is 9.15 Å². The highest BCUT2D eigenvalue weighted by molar-refractivity contribution is 5.86.